The number of thioether (sulfide) groups is 1. The Morgan fingerprint density at radius 1 is 1.17 bits per heavy atom. The van der Waals surface area contributed by atoms with E-state index in [2.05, 4.69) is 39.5 Å². The molecule has 1 rings (SSSR count). The first kappa shape index (κ1) is 10.4. The zero-order valence-electron chi connectivity index (χ0n) is 8.84. The summed E-state index contributed by atoms with van der Waals surface area (Å²) in [6, 6.07) is 0. The normalized spacial score (nSPS) is 37.2. The highest BCUT2D eigenvalue weighted by molar-refractivity contribution is 8.00. The van der Waals surface area contributed by atoms with Gasteiger partial charge in [-0.25, -0.2) is 0 Å². The van der Waals surface area contributed by atoms with Crippen LogP contribution in [0.25, 0.3) is 0 Å². The lowest BCUT2D eigenvalue weighted by atomic mass is 9.84. The molecule has 12 heavy (non-hydrogen) atoms. The fourth-order valence-corrected chi connectivity index (χ4v) is 3.56. The van der Waals surface area contributed by atoms with E-state index in [9.17, 15) is 0 Å². The molecule has 0 bridgehead atoms. The molecule has 0 saturated heterocycles. The SMILES string of the molecule is CC1CCC(C)C(SC(C)C)C1. The van der Waals surface area contributed by atoms with Crippen molar-refractivity contribution in [1.29, 1.82) is 0 Å². The predicted molar refractivity (Wildman–Crippen MR) is 58.7 cm³/mol. The summed E-state index contributed by atoms with van der Waals surface area (Å²) in [5.74, 6) is 1.92. The maximum absolute atomic E-state index is 2.42. The third kappa shape index (κ3) is 3.01. The van der Waals surface area contributed by atoms with E-state index in [-0.39, 0.29) is 0 Å². The standard InChI is InChI=1S/C11H22S/c1-8(2)12-11-7-9(3)5-6-10(11)4/h8-11H,5-7H2,1-4H3. The van der Waals surface area contributed by atoms with Crippen molar-refractivity contribution < 1.29 is 0 Å². The van der Waals surface area contributed by atoms with Gasteiger partial charge < -0.3 is 0 Å². The van der Waals surface area contributed by atoms with Gasteiger partial charge in [0.05, 0.1) is 0 Å². The van der Waals surface area contributed by atoms with Gasteiger partial charge in [-0.3, -0.25) is 0 Å². The topological polar surface area (TPSA) is 0 Å². The van der Waals surface area contributed by atoms with Crippen molar-refractivity contribution in [1.82, 2.24) is 0 Å². The van der Waals surface area contributed by atoms with Crippen LogP contribution in [-0.4, -0.2) is 10.5 Å². The summed E-state index contributed by atoms with van der Waals surface area (Å²) in [6.45, 7) is 9.46. The van der Waals surface area contributed by atoms with Crippen LogP contribution in [0.5, 0.6) is 0 Å². The summed E-state index contributed by atoms with van der Waals surface area (Å²) < 4.78 is 0. The zero-order chi connectivity index (χ0) is 9.14. The van der Waals surface area contributed by atoms with Crippen molar-refractivity contribution in [2.45, 2.75) is 57.5 Å². The molecule has 0 amide bonds. The largest absolute Gasteiger partial charge is 0.155 e. The molecule has 0 nitrogen and oxygen atoms in total. The fraction of sp³-hybridized carbons (Fsp3) is 1.00. The van der Waals surface area contributed by atoms with Gasteiger partial charge in [0.1, 0.15) is 0 Å². The molecule has 3 unspecified atom stereocenters. The van der Waals surface area contributed by atoms with E-state index in [1.165, 1.54) is 19.3 Å². The molecule has 72 valence electrons. The van der Waals surface area contributed by atoms with Gasteiger partial charge in [0.25, 0.3) is 0 Å². The molecule has 0 radical (unpaired) electrons. The van der Waals surface area contributed by atoms with E-state index in [0.29, 0.717) is 0 Å². The first-order chi connectivity index (χ1) is 5.59. The van der Waals surface area contributed by atoms with Crippen LogP contribution in [0.4, 0.5) is 0 Å². The predicted octanol–water partition coefficient (Wildman–Crippen LogP) is 3.95. The summed E-state index contributed by atoms with van der Waals surface area (Å²) in [5, 5.41) is 1.75. The number of hydrogen-bond donors (Lipinski definition) is 0. The maximum atomic E-state index is 2.42. The lowest BCUT2D eigenvalue weighted by Gasteiger charge is -2.33. The van der Waals surface area contributed by atoms with Crippen LogP contribution in [0.1, 0.15) is 47.0 Å². The van der Waals surface area contributed by atoms with Crippen molar-refractivity contribution in [3.63, 3.8) is 0 Å². The molecule has 1 saturated carbocycles. The molecule has 0 aromatic heterocycles. The van der Waals surface area contributed by atoms with Crippen molar-refractivity contribution in [2.24, 2.45) is 11.8 Å². The number of hydrogen-bond acceptors (Lipinski definition) is 1. The third-order valence-electron chi connectivity index (χ3n) is 2.83. The molecule has 1 heteroatoms. The second-order valence-electron chi connectivity index (χ2n) is 4.62. The Labute approximate surface area is 81.5 Å². The molecule has 3 atom stereocenters. The average molecular weight is 186 g/mol. The van der Waals surface area contributed by atoms with Crippen molar-refractivity contribution in [3.05, 3.63) is 0 Å². The molecule has 1 fully saturated rings. The Morgan fingerprint density at radius 2 is 1.83 bits per heavy atom. The van der Waals surface area contributed by atoms with E-state index in [1.54, 1.807) is 0 Å². The van der Waals surface area contributed by atoms with Crippen LogP contribution in [0.3, 0.4) is 0 Å². The van der Waals surface area contributed by atoms with Crippen LogP contribution in [-0.2, 0) is 0 Å². The molecule has 0 aliphatic heterocycles. The van der Waals surface area contributed by atoms with E-state index in [4.69, 9.17) is 0 Å². The van der Waals surface area contributed by atoms with E-state index >= 15 is 0 Å². The minimum Gasteiger partial charge on any atom is -0.155 e. The first-order valence-corrected chi connectivity index (χ1v) is 6.19. The van der Waals surface area contributed by atoms with Crippen molar-refractivity contribution >= 4 is 11.8 Å². The number of rotatable bonds is 2. The molecule has 1 aliphatic carbocycles. The lowest BCUT2D eigenvalue weighted by Crippen LogP contribution is -2.25. The second kappa shape index (κ2) is 4.55. The van der Waals surface area contributed by atoms with E-state index in [1.807, 2.05) is 0 Å². The van der Waals surface area contributed by atoms with Crippen molar-refractivity contribution in [2.75, 3.05) is 0 Å². The van der Waals surface area contributed by atoms with Crippen molar-refractivity contribution in [3.8, 4) is 0 Å². The zero-order valence-corrected chi connectivity index (χ0v) is 9.66. The van der Waals surface area contributed by atoms with Crippen LogP contribution < -0.4 is 0 Å². The van der Waals surface area contributed by atoms with E-state index < -0.39 is 0 Å². The van der Waals surface area contributed by atoms with Gasteiger partial charge in [-0.2, -0.15) is 11.8 Å². The second-order valence-corrected chi connectivity index (χ2v) is 6.44. The van der Waals surface area contributed by atoms with Crippen LogP contribution in [0.15, 0.2) is 0 Å². The van der Waals surface area contributed by atoms with Crippen LogP contribution >= 0.6 is 11.8 Å². The van der Waals surface area contributed by atoms with Gasteiger partial charge in [-0.05, 0) is 29.9 Å². The van der Waals surface area contributed by atoms with Gasteiger partial charge in [-0.15, -0.1) is 0 Å². The van der Waals surface area contributed by atoms with Gasteiger partial charge in [0.2, 0.25) is 0 Å². The summed E-state index contributed by atoms with van der Waals surface area (Å²) in [7, 11) is 0. The minimum absolute atomic E-state index is 0.808. The first-order valence-electron chi connectivity index (χ1n) is 5.25. The highest BCUT2D eigenvalue weighted by Crippen LogP contribution is 2.37. The van der Waals surface area contributed by atoms with Gasteiger partial charge in [0.15, 0.2) is 0 Å². The minimum atomic E-state index is 0.808. The van der Waals surface area contributed by atoms with Gasteiger partial charge >= 0.3 is 0 Å². The molecular weight excluding hydrogens is 164 g/mol. The highest BCUT2D eigenvalue weighted by atomic mass is 32.2. The summed E-state index contributed by atoms with van der Waals surface area (Å²) in [6.07, 6.45) is 4.35. The molecule has 0 aromatic rings. The van der Waals surface area contributed by atoms with Crippen LogP contribution in [0.2, 0.25) is 0 Å². The maximum Gasteiger partial charge on any atom is 0.00778 e. The Hall–Kier alpha value is 0.350. The Kier molecular flexibility index (Phi) is 3.95. The molecule has 1 aliphatic rings. The molecule has 0 spiro atoms. The monoisotopic (exact) mass is 186 g/mol. The summed E-state index contributed by atoms with van der Waals surface area (Å²) in [5.41, 5.74) is 0. The quantitative estimate of drug-likeness (QED) is 0.629. The van der Waals surface area contributed by atoms with Gasteiger partial charge in [0, 0.05) is 5.25 Å². The molecular formula is C11H22S. The van der Waals surface area contributed by atoms with Gasteiger partial charge in [-0.1, -0.05) is 34.1 Å². The Morgan fingerprint density at radius 3 is 2.42 bits per heavy atom. The lowest BCUT2D eigenvalue weighted by molar-refractivity contribution is 0.318. The average Bonchev–Trinajstić information content (AvgIpc) is 1.96. The molecule has 0 aromatic carbocycles. The summed E-state index contributed by atoms with van der Waals surface area (Å²) in [4.78, 5) is 0. The fourth-order valence-electron chi connectivity index (χ4n) is 2.02. The molecule has 0 heterocycles. The third-order valence-corrected chi connectivity index (χ3v) is 4.38. The van der Waals surface area contributed by atoms with E-state index in [0.717, 1.165) is 22.3 Å². The summed E-state index contributed by atoms with van der Waals surface area (Å²) >= 11 is 2.19. The molecule has 0 N–H and O–H groups in total. The van der Waals surface area contributed by atoms with Crippen LogP contribution in [0, 0.1) is 11.8 Å². The Balaban J connectivity index is 2.38. The highest BCUT2D eigenvalue weighted by Gasteiger charge is 2.26. The Bertz CT molecular complexity index is 129. The smallest absolute Gasteiger partial charge is 0.00778 e.